The summed E-state index contributed by atoms with van der Waals surface area (Å²) in [6.45, 7) is 14.2. The second-order valence-corrected chi connectivity index (χ2v) is 32.0. The van der Waals surface area contributed by atoms with E-state index in [-0.39, 0.29) is 25.7 Å². The molecule has 95 heavy (non-hydrogen) atoms. The van der Waals surface area contributed by atoms with E-state index in [0.29, 0.717) is 25.7 Å². The van der Waals surface area contributed by atoms with Crippen LogP contribution in [0, 0.1) is 23.7 Å². The van der Waals surface area contributed by atoms with Crippen molar-refractivity contribution in [3.05, 3.63) is 0 Å². The third kappa shape index (κ3) is 69.0. The van der Waals surface area contributed by atoms with Gasteiger partial charge in [0.25, 0.3) is 0 Å². The van der Waals surface area contributed by atoms with E-state index < -0.39 is 97.5 Å². The number of phosphoric acid groups is 2. The number of carbonyl (C=O) groups excluding carboxylic acids is 4. The second-order valence-electron chi connectivity index (χ2n) is 29.1. The summed E-state index contributed by atoms with van der Waals surface area (Å²) in [4.78, 5) is 72.8. The number of hydrogen-bond donors (Lipinski definition) is 3. The van der Waals surface area contributed by atoms with Crippen LogP contribution in [-0.2, 0) is 65.4 Å². The van der Waals surface area contributed by atoms with Gasteiger partial charge < -0.3 is 33.8 Å². The first-order valence-corrected chi connectivity index (χ1v) is 42.2. The highest BCUT2D eigenvalue weighted by atomic mass is 31.2. The van der Waals surface area contributed by atoms with Crippen LogP contribution in [0.2, 0.25) is 0 Å². The minimum Gasteiger partial charge on any atom is -0.462 e. The molecule has 0 saturated heterocycles. The molecule has 0 amide bonds. The highest BCUT2D eigenvalue weighted by Gasteiger charge is 2.30. The van der Waals surface area contributed by atoms with Gasteiger partial charge in [-0.05, 0) is 49.4 Å². The molecular formula is C76H148O17P2. The third-order valence-corrected chi connectivity index (χ3v) is 19.8. The summed E-state index contributed by atoms with van der Waals surface area (Å²) in [7, 11) is -9.91. The second kappa shape index (κ2) is 65.4. The largest absolute Gasteiger partial charge is 0.472 e. The zero-order valence-corrected chi connectivity index (χ0v) is 64.1. The summed E-state index contributed by atoms with van der Waals surface area (Å²) in [6, 6.07) is 0. The smallest absolute Gasteiger partial charge is 0.462 e. The lowest BCUT2D eigenvalue weighted by molar-refractivity contribution is -0.161. The molecule has 0 aliphatic rings. The number of unbranched alkanes of at least 4 members (excludes halogenated alkanes) is 38. The average molecular weight is 1400 g/mol. The van der Waals surface area contributed by atoms with Gasteiger partial charge in [-0.2, -0.15) is 0 Å². The van der Waals surface area contributed by atoms with Gasteiger partial charge in [-0.3, -0.25) is 37.3 Å². The summed E-state index contributed by atoms with van der Waals surface area (Å²) in [5, 5.41) is 10.6. The van der Waals surface area contributed by atoms with Crippen LogP contribution in [0.5, 0.6) is 0 Å². The van der Waals surface area contributed by atoms with Crippen molar-refractivity contribution in [2.45, 2.75) is 401 Å². The van der Waals surface area contributed by atoms with E-state index >= 15 is 0 Å². The fourth-order valence-corrected chi connectivity index (χ4v) is 13.1. The highest BCUT2D eigenvalue weighted by Crippen LogP contribution is 2.45. The summed E-state index contributed by atoms with van der Waals surface area (Å²) >= 11 is 0. The highest BCUT2D eigenvalue weighted by molar-refractivity contribution is 7.47. The summed E-state index contributed by atoms with van der Waals surface area (Å²) in [6.07, 6.45) is 50.0. The van der Waals surface area contributed by atoms with Gasteiger partial charge in [-0.1, -0.05) is 331 Å². The lowest BCUT2D eigenvalue weighted by atomic mass is 10.00. The van der Waals surface area contributed by atoms with Gasteiger partial charge in [0.15, 0.2) is 12.2 Å². The maximum absolute atomic E-state index is 13.1. The predicted octanol–water partition coefficient (Wildman–Crippen LogP) is 22.0. The monoisotopic (exact) mass is 1400 g/mol. The number of aliphatic hydroxyl groups excluding tert-OH is 1. The number of carbonyl (C=O) groups is 4. The lowest BCUT2D eigenvalue weighted by Crippen LogP contribution is -2.30. The normalized spacial score (nSPS) is 14.4. The molecule has 0 aliphatic heterocycles. The molecule has 6 atom stereocenters. The molecule has 0 aromatic heterocycles. The molecule has 0 aliphatic carbocycles. The molecule has 564 valence electrons. The van der Waals surface area contributed by atoms with Gasteiger partial charge in [0.2, 0.25) is 0 Å². The Morgan fingerprint density at radius 3 is 0.747 bits per heavy atom. The van der Waals surface area contributed by atoms with E-state index in [1.165, 1.54) is 180 Å². The van der Waals surface area contributed by atoms with E-state index in [2.05, 4.69) is 55.4 Å². The minimum atomic E-state index is -4.96. The maximum Gasteiger partial charge on any atom is 0.472 e. The van der Waals surface area contributed by atoms with Crippen molar-refractivity contribution in [1.29, 1.82) is 0 Å². The van der Waals surface area contributed by atoms with E-state index in [1.54, 1.807) is 0 Å². The van der Waals surface area contributed by atoms with Crippen molar-refractivity contribution >= 4 is 39.5 Å². The first-order chi connectivity index (χ1) is 45.6. The van der Waals surface area contributed by atoms with E-state index in [9.17, 15) is 43.2 Å². The third-order valence-electron chi connectivity index (χ3n) is 17.9. The molecule has 0 spiro atoms. The zero-order chi connectivity index (χ0) is 70.3. The maximum atomic E-state index is 13.1. The molecule has 0 aromatic rings. The number of ether oxygens (including phenoxy) is 4. The Balaban J connectivity index is 5.24. The Morgan fingerprint density at radius 1 is 0.295 bits per heavy atom. The number of rotatable bonds is 73. The predicted molar refractivity (Wildman–Crippen MR) is 386 cm³/mol. The molecule has 0 radical (unpaired) electrons. The molecule has 17 nitrogen and oxygen atoms in total. The number of aliphatic hydroxyl groups is 1. The molecule has 0 fully saturated rings. The van der Waals surface area contributed by atoms with E-state index in [1.807, 2.05) is 0 Å². The van der Waals surface area contributed by atoms with Gasteiger partial charge in [-0.15, -0.1) is 0 Å². The first-order valence-electron chi connectivity index (χ1n) is 39.2. The van der Waals surface area contributed by atoms with Crippen molar-refractivity contribution in [1.82, 2.24) is 0 Å². The van der Waals surface area contributed by atoms with Gasteiger partial charge in [0.1, 0.15) is 19.3 Å². The van der Waals surface area contributed by atoms with Crippen LogP contribution in [0.25, 0.3) is 0 Å². The Labute approximate surface area is 581 Å². The molecule has 0 heterocycles. The minimum absolute atomic E-state index is 0.105. The summed E-state index contributed by atoms with van der Waals surface area (Å²) in [5.74, 6) is 0.929. The molecule has 0 saturated carbocycles. The Bertz CT molecular complexity index is 1870. The molecule has 0 bridgehead atoms. The lowest BCUT2D eigenvalue weighted by Gasteiger charge is -2.21. The van der Waals surface area contributed by atoms with Crippen LogP contribution in [0.4, 0.5) is 0 Å². The van der Waals surface area contributed by atoms with Crippen molar-refractivity contribution in [3.8, 4) is 0 Å². The molecule has 0 rings (SSSR count). The van der Waals surface area contributed by atoms with Crippen LogP contribution in [-0.4, -0.2) is 96.7 Å². The van der Waals surface area contributed by atoms with Crippen LogP contribution in [0.15, 0.2) is 0 Å². The van der Waals surface area contributed by atoms with Crippen molar-refractivity contribution in [2.75, 3.05) is 39.6 Å². The van der Waals surface area contributed by atoms with Crippen molar-refractivity contribution in [3.63, 3.8) is 0 Å². The van der Waals surface area contributed by atoms with Gasteiger partial charge in [0.05, 0.1) is 26.4 Å². The van der Waals surface area contributed by atoms with Gasteiger partial charge in [0, 0.05) is 25.7 Å². The van der Waals surface area contributed by atoms with Crippen LogP contribution in [0.1, 0.15) is 383 Å². The zero-order valence-electron chi connectivity index (χ0n) is 62.3. The Kier molecular flexibility index (Phi) is 64.0. The number of phosphoric ester groups is 2. The number of esters is 4. The van der Waals surface area contributed by atoms with Gasteiger partial charge in [-0.25, -0.2) is 9.13 Å². The molecule has 3 N–H and O–H groups in total. The quantitative estimate of drug-likeness (QED) is 0.0222. The SMILES string of the molecule is CCC(C)CCCCCCCCC(=O)OC[C@H](COP(=O)(O)OC[C@H](O)COP(=O)(O)OC[C@@H](COC(=O)CCCCCCCCCCCCC(C)C)OC(=O)CCCCCCCCCCCCCCCCCCC(C)C)OC(=O)CCCCCCCCCCCCC(C)C. The standard InChI is InChI=1S/C76H148O17P2/c1-9-69(8)55-47-39-34-35-41-49-57-74(79)87-63-72(93-76(81)59-51-43-33-27-21-19-24-30-38-46-54-68(6)7)65-91-95(84,85)89-61-70(77)60-88-94(82,83)90-64-71(62-86-73(78)56-48-40-31-25-20-18-23-29-37-45-53-67(4)5)92-75(80)58-50-42-32-26-17-15-13-11-10-12-14-16-22-28-36-44-52-66(2)3/h66-72,77H,9-65H2,1-8H3,(H,82,83)(H,84,85)/t69?,70-,71-,72-/m1/s1. The van der Waals surface area contributed by atoms with Crippen LogP contribution < -0.4 is 0 Å². The summed E-state index contributed by atoms with van der Waals surface area (Å²) in [5.41, 5.74) is 0. The van der Waals surface area contributed by atoms with E-state index in [0.717, 1.165) is 120 Å². The number of hydrogen-bond acceptors (Lipinski definition) is 15. The fourth-order valence-electron chi connectivity index (χ4n) is 11.5. The molecule has 3 unspecified atom stereocenters. The Morgan fingerprint density at radius 2 is 0.505 bits per heavy atom. The average Bonchev–Trinajstić information content (AvgIpc) is 1.79. The molecular weight excluding hydrogens is 1250 g/mol. The van der Waals surface area contributed by atoms with E-state index in [4.69, 9.17) is 37.0 Å². The first kappa shape index (κ1) is 93.1. The topological polar surface area (TPSA) is 237 Å². The van der Waals surface area contributed by atoms with Crippen molar-refractivity contribution in [2.24, 2.45) is 23.7 Å². The van der Waals surface area contributed by atoms with Crippen LogP contribution >= 0.6 is 15.6 Å². The van der Waals surface area contributed by atoms with Gasteiger partial charge >= 0.3 is 39.5 Å². The molecule has 0 aromatic carbocycles. The fraction of sp³-hybridized carbons (Fsp3) is 0.947. The molecule has 19 heteroatoms. The Hall–Kier alpha value is -1.94. The van der Waals surface area contributed by atoms with Crippen LogP contribution in [0.3, 0.4) is 0 Å². The van der Waals surface area contributed by atoms with Crippen molar-refractivity contribution < 1.29 is 80.2 Å². The summed E-state index contributed by atoms with van der Waals surface area (Å²) < 4.78 is 68.5.